The summed E-state index contributed by atoms with van der Waals surface area (Å²) >= 11 is 3.71. The van der Waals surface area contributed by atoms with Gasteiger partial charge in [-0.15, -0.1) is 0 Å². The molecular formula is C30H17BrN4. The molecule has 0 unspecified atom stereocenters. The topological polar surface area (TPSA) is 35.1 Å². The van der Waals surface area contributed by atoms with E-state index >= 15 is 0 Å². The molecule has 35 heavy (non-hydrogen) atoms. The molecule has 0 atom stereocenters. The van der Waals surface area contributed by atoms with Gasteiger partial charge in [-0.3, -0.25) is 8.97 Å². The van der Waals surface area contributed by atoms with E-state index in [1.165, 1.54) is 21.5 Å². The van der Waals surface area contributed by atoms with Crippen molar-refractivity contribution < 1.29 is 0 Å². The molecule has 0 fully saturated rings. The van der Waals surface area contributed by atoms with Gasteiger partial charge in [0.25, 0.3) is 0 Å². The molecule has 3 heterocycles. The van der Waals surface area contributed by atoms with Crippen LogP contribution in [0.4, 0.5) is 0 Å². The van der Waals surface area contributed by atoms with Gasteiger partial charge in [0.2, 0.25) is 5.95 Å². The van der Waals surface area contributed by atoms with Gasteiger partial charge in [0, 0.05) is 20.6 Å². The lowest BCUT2D eigenvalue weighted by atomic mass is 10.0. The first kappa shape index (κ1) is 19.1. The second kappa shape index (κ2) is 6.90. The van der Waals surface area contributed by atoms with Crippen molar-refractivity contribution in [2.45, 2.75) is 0 Å². The SMILES string of the molecule is Brc1ccc2c(c1)c1c3ccccc3ccc1n2-c1nc2ccccc2c2nc3ccccc3n12. The van der Waals surface area contributed by atoms with Crippen LogP contribution in [0.1, 0.15) is 0 Å². The van der Waals surface area contributed by atoms with Crippen molar-refractivity contribution in [3.8, 4) is 5.95 Å². The molecule has 0 saturated heterocycles. The number of imidazole rings is 1. The lowest BCUT2D eigenvalue weighted by Crippen LogP contribution is -2.06. The molecule has 0 bridgehead atoms. The molecule has 4 nitrogen and oxygen atoms in total. The number of benzene rings is 5. The van der Waals surface area contributed by atoms with Crippen molar-refractivity contribution in [3.63, 3.8) is 0 Å². The van der Waals surface area contributed by atoms with Gasteiger partial charge < -0.3 is 0 Å². The standard InChI is InChI=1S/C30H17BrN4/c31-19-14-16-25-22(17-19)28-20-8-2-1-7-18(20)13-15-27(28)34(25)30-33-23-10-4-3-9-21(23)29-32-24-11-5-6-12-26(24)35(29)30/h1-17H. The van der Waals surface area contributed by atoms with E-state index in [9.17, 15) is 0 Å². The minimum atomic E-state index is 0.838. The molecule has 164 valence electrons. The fourth-order valence-electron chi connectivity index (χ4n) is 5.46. The summed E-state index contributed by atoms with van der Waals surface area (Å²) in [6.45, 7) is 0. The summed E-state index contributed by atoms with van der Waals surface area (Å²) in [6, 6.07) is 36.0. The third kappa shape index (κ3) is 2.56. The zero-order valence-electron chi connectivity index (χ0n) is 18.5. The van der Waals surface area contributed by atoms with E-state index in [0.29, 0.717) is 0 Å². The summed E-state index contributed by atoms with van der Waals surface area (Å²) in [5.41, 5.74) is 6.09. The predicted molar refractivity (Wildman–Crippen MR) is 148 cm³/mol. The van der Waals surface area contributed by atoms with Crippen LogP contribution in [0.3, 0.4) is 0 Å². The predicted octanol–water partition coefficient (Wildman–Crippen LogP) is 8.05. The van der Waals surface area contributed by atoms with Gasteiger partial charge >= 0.3 is 0 Å². The highest BCUT2D eigenvalue weighted by atomic mass is 79.9. The van der Waals surface area contributed by atoms with Gasteiger partial charge in [0.05, 0.1) is 27.6 Å². The lowest BCUT2D eigenvalue weighted by molar-refractivity contribution is 0.979. The smallest absolute Gasteiger partial charge is 0.221 e. The average Bonchev–Trinajstić information content (AvgIpc) is 3.45. The Morgan fingerprint density at radius 2 is 1.31 bits per heavy atom. The molecule has 0 N–H and O–H groups in total. The van der Waals surface area contributed by atoms with E-state index in [0.717, 1.165) is 49.0 Å². The highest BCUT2D eigenvalue weighted by Gasteiger charge is 2.20. The molecule has 0 saturated carbocycles. The zero-order valence-corrected chi connectivity index (χ0v) is 20.1. The molecule has 8 aromatic rings. The lowest BCUT2D eigenvalue weighted by Gasteiger charge is -2.12. The largest absolute Gasteiger partial charge is 0.279 e. The Kier molecular flexibility index (Phi) is 3.77. The number of hydrogen-bond donors (Lipinski definition) is 0. The van der Waals surface area contributed by atoms with Crippen molar-refractivity contribution in [3.05, 3.63) is 108 Å². The van der Waals surface area contributed by atoms with E-state index in [2.05, 4.69) is 110 Å². The van der Waals surface area contributed by atoms with Crippen LogP contribution < -0.4 is 0 Å². The Morgan fingerprint density at radius 1 is 0.571 bits per heavy atom. The summed E-state index contributed by atoms with van der Waals surface area (Å²) in [6.07, 6.45) is 0. The van der Waals surface area contributed by atoms with Gasteiger partial charge in [-0.2, -0.15) is 0 Å². The highest BCUT2D eigenvalue weighted by Crippen LogP contribution is 2.38. The van der Waals surface area contributed by atoms with Crippen LogP contribution in [-0.2, 0) is 0 Å². The van der Waals surface area contributed by atoms with Crippen LogP contribution in [0.2, 0.25) is 0 Å². The maximum atomic E-state index is 5.25. The Hall–Kier alpha value is -4.22. The molecule has 0 spiro atoms. The quantitative estimate of drug-likeness (QED) is 0.223. The van der Waals surface area contributed by atoms with Crippen LogP contribution in [0.25, 0.3) is 66.1 Å². The molecule has 0 aliphatic heterocycles. The first-order valence-corrected chi connectivity index (χ1v) is 12.3. The average molecular weight is 513 g/mol. The summed E-state index contributed by atoms with van der Waals surface area (Å²) in [5, 5.41) is 5.93. The maximum absolute atomic E-state index is 5.25. The van der Waals surface area contributed by atoms with Gasteiger partial charge in [-0.25, -0.2) is 9.97 Å². The summed E-state index contributed by atoms with van der Waals surface area (Å²) in [5.74, 6) is 0.838. The van der Waals surface area contributed by atoms with Crippen LogP contribution in [0.15, 0.2) is 108 Å². The Balaban J connectivity index is 1.66. The van der Waals surface area contributed by atoms with Gasteiger partial charge in [0.15, 0.2) is 0 Å². The van der Waals surface area contributed by atoms with Gasteiger partial charge in [0.1, 0.15) is 5.65 Å². The van der Waals surface area contributed by atoms with Crippen molar-refractivity contribution >= 4 is 76.1 Å². The monoisotopic (exact) mass is 512 g/mol. The van der Waals surface area contributed by atoms with Crippen molar-refractivity contribution in [1.82, 2.24) is 18.9 Å². The molecule has 0 aliphatic carbocycles. The number of halogens is 1. The fourth-order valence-corrected chi connectivity index (χ4v) is 5.82. The molecule has 5 aromatic carbocycles. The Bertz CT molecular complexity index is 2130. The first-order chi connectivity index (χ1) is 17.3. The van der Waals surface area contributed by atoms with Crippen LogP contribution in [0.5, 0.6) is 0 Å². The number of hydrogen-bond acceptors (Lipinski definition) is 2. The molecule has 0 aliphatic rings. The molecule has 8 rings (SSSR count). The van der Waals surface area contributed by atoms with Crippen LogP contribution >= 0.6 is 15.9 Å². The molecule has 0 amide bonds. The number of aromatic nitrogens is 4. The van der Waals surface area contributed by atoms with E-state index < -0.39 is 0 Å². The first-order valence-electron chi connectivity index (χ1n) is 11.6. The number of para-hydroxylation sites is 3. The second-order valence-corrected chi connectivity index (χ2v) is 9.78. The van der Waals surface area contributed by atoms with Crippen LogP contribution in [-0.4, -0.2) is 18.9 Å². The van der Waals surface area contributed by atoms with Gasteiger partial charge in [-0.1, -0.05) is 70.5 Å². The molecular weight excluding hydrogens is 496 g/mol. The highest BCUT2D eigenvalue weighted by molar-refractivity contribution is 9.10. The van der Waals surface area contributed by atoms with E-state index in [-0.39, 0.29) is 0 Å². The van der Waals surface area contributed by atoms with E-state index in [1.807, 2.05) is 18.2 Å². The zero-order chi connectivity index (χ0) is 23.1. The van der Waals surface area contributed by atoms with Crippen molar-refractivity contribution in [2.75, 3.05) is 0 Å². The normalized spacial score (nSPS) is 12.1. The Morgan fingerprint density at radius 3 is 2.23 bits per heavy atom. The third-order valence-corrected chi connectivity index (χ3v) is 7.44. The summed E-state index contributed by atoms with van der Waals surface area (Å²) < 4.78 is 5.55. The number of rotatable bonds is 1. The fraction of sp³-hybridized carbons (Fsp3) is 0. The van der Waals surface area contributed by atoms with E-state index in [1.54, 1.807) is 0 Å². The van der Waals surface area contributed by atoms with E-state index in [4.69, 9.17) is 9.97 Å². The maximum Gasteiger partial charge on any atom is 0.221 e. The third-order valence-electron chi connectivity index (χ3n) is 6.94. The van der Waals surface area contributed by atoms with Crippen molar-refractivity contribution in [1.29, 1.82) is 0 Å². The number of fused-ring (bicyclic) bond motifs is 10. The number of nitrogens with zero attached hydrogens (tertiary/aromatic N) is 4. The molecule has 5 heteroatoms. The molecule has 3 aromatic heterocycles. The Labute approximate surface area is 208 Å². The minimum Gasteiger partial charge on any atom is -0.279 e. The van der Waals surface area contributed by atoms with Crippen molar-refractivity contribution in [2.24, 2.45) is 0 Å². The second-order valence-electron chi connectivity index (χ2n) is 8.87. The van der Waals surface area contributed by atoms with Crippen LogP contribution in [0, 0.1) is 0 Å². The van der Waals surface area contributed by atoms with Gasteiger partial charge in [-0.05, 0) is 59.3 Å². The summed E-state index contributed by atoms with van der Waals surface area (Å²) in [7, 11) is 0. The summed E-state index contributed by atoms with van der Waals surface area (Å²) in [4.78, 5) is 10.3. The molecule has 0 radical (unpaired) electrons. The minimum absolute atomic E-state index is 0.838.